The Morgan fingerprint density at radius 1 is 1.11 bits per heavy atom. The lowest BCUT2D eigenvalue weighted by Crippen LogP contribution is -2.53. The summed E-state index contributed by atoms with van der Waals surface area (Å²) in [5.41, 5.74) is 0. The zero-order chi connectivity index (χ0) is 14.0. The minimum atomic E-state index is -0.723. The maximum absolute atomic E-state index is 12.5. The van der Waals surface area contributed by atoms with E-state index in [0.717, 1.165) is 0 Å². The molecule has 0 bridgehead atoms. The van der Waals surface area contributed by atoms with E-state index in [1.165, 1.54) is 0 Å². The van der Waals surface area contributed by atoms with Crippen molar-refractivity contribution in [1.82, 2.24) is 4.90 Å². The van der Waals surface area contributed by atoms with Gasteiger partial charge in [0.1, 0.15) is 0 Å². The fraction of sp³-hybridized carbons (Fsp3) is 0.857. The number of carboxylic acids is 1. The van der Waals surface area contributed by atoms with Crippen molar-refractivity contribution in [3.63, 3.8) is 0 Å². The zero-order valence-electron chi connectivity index (χ0n) is 11.7. The van der Waals surface area contributed by atoms with Crippen LogP contribution in [0.2, 0.25) is 0 Å². The molecule has 0 aromatic rings. The Labute approximate surface area is 113 Å². The normalized spacial score (nSPS) is 36.0. The monoisotopic (exact) mass is 269 g/mol. The molecular weight excluding hydrogens is 246 g/mol. The smallest absolute Gasteiger partial charge is 0.306 e. The van der Waals surface area contributed by atoms with E-state index in [1.807, 2.05) is 18.7 Å². The minimum Gasteiger partial charge on any atom is -0.481 e. The van der Waals surface area contributed by atoms with Crippen LogP contribution in [0.25, 0.3) is 0 Å². The van der Waals surface area contributed by atoms with Crippen molar-refractivity contribution in [3.8, 4) is 0 Å². The highest BCUT2D eigenvalue weighted by atomic mass is 16.5. The Balaban J connectivity index is 1.92. The van der Waals surface area contributed by atoms with E-state index >= 15 is 0 Å². The van der Waals surface area contributed by atoms with Crippen LogP contribution in [0.1, 0.15) is 39.5 Å². The van der Waals surface area contributed by atoms with Gasteiger partial charge in [0.2, 0.25) is 5.91 Å². The van der Waals surface area contributed by atoms with Crippen LogP contribution in [0.15, 0.2) is 0 Å². The maximum atomic E-state index is 12.5. The fourth-order valence-corrected chi connectivity index (χ4v) is 3.07. The van der Waals surface area contributed by atoms with E-state index in [0.29, 0.717) is 38.8 Å². The van der Waals surface area contributed by atoms with Gasteiger partial charge >= 0.3 is 5.97 Å². The van der Waals surface area contributed by atoms with Crippen molar-refractivity contribution in [2.75, 3.05) is 13.2 Å². The summed E-state index contributed by atoms with van der Waals surface area (Å²) in [6, 6.07) is 0.110. The van der Waals surface area contributed by atoms with Gasteiger partial charge in [-0.05, 0) is 39.5 Å². The molecule has 0 radical (unpaired) electrons. The summed E-state index contributed by atoms with van der Waals surface area (Å²) in [7, 11) is 0. The van der Waals surface area contributed by atoms with E-state index < -0.39 is 5.97 Å². The molecule has 5 heteroatoms. The van der Waals surface area contributed by atoms with Gasteiger partial charge in [-0.3, -0.25) is 9.59 Å². The van der Waals surface area contributed by atoms with Gasteiger partial charge in [0.05, 0.1) is 24.7 Å². The number of carboxylic acid groups (broad SMARTS) is 1. The third kappa shape index (κ3) is 3.08. The highest BCUT2D eigenvalue weighted by Crippen LogP contribution is 2.31. The Bertz CT molecular complexity index is 349. The van der Waals surface area contributed by atoms with Gasteiger partial charge in [-0.1, -0.05) is 0 Å². The number of rotatable bonds is 2. The third-order valence-corrected chi connectivity index (χ3v) is 4.59. The molecule has 2 unspecified atom stereocenters. The Morgan fingerprint density at radius 2 is 1.68 bits per heavy atom. The molecule has 1 amide bonds. The highest BCUT2D eigenvalue weighted by Gasteiger charge is 2.36. The molecule has 2 atom stereocenters. The van der Waals surface area contributed by atoms with Gasteiger partial charge in [0.15, 0.2) is 0 Å². The van der Waals surface area contributed by atoms with Gasteiger partial charge < -0.3 is 14.7 Å². The van der Waals surface area contributed by atoms with Crippen molar-refractivity contribution in [3.05, 3.63) is 0 Å². The lowest BCUT2D eigenvalue weighted by Gasteiger charge is -2.40. The number of amides is 1. The molecule has 5 nitrogen and oxygen atoms in total. The molecule has 1 saturated carbocycles. The molecule has 1 N–H and O–H groups in total. The first-order valence-electron chi connectivity index (χ1n) is 7.15. The quantitative estimate of drug-likeness (QED) is 0.825. The lowest BCUT2D eigenvalue weighted by atomic mass is 9.81. The molecule has 0 aromatic carbocycles. The van der Waals surface area contributed by atoms with Crippen LogP contribution in [0.3, 0.4) is 0 Å². The second-order valence-corrected chi connectivity index (χ2v) is 5.73. The van der Waals surface area contributed by atoms with Gasteiger partial charge in [0.25, 0.3) is 0 Å². The molecule has 1 heterocycles. The first-order valence-corrected chi connectivity index (χ1v) is 7.15. The summed E-state index contributed by atoms with van der Waals surface area (Å²) in [5.74, 6) is -0.792. The van der Waals surface area contributed by atoms with Crippen molar-refractivity contribution < 1.29 is 19.4 Å². The Kier molecular flexibility index (Phi) is 4.45. The van der Waals surface area contributed by atoms with Gasteiger partial charge in [0, 0.05) is 12.5 Å². The van der Waals surface area contributed by atoms with E-state index in [4.69, 9.17) is 9.84 Å². The average Bonchev–Trinajstić information content (AvgIpc) is 2.41. The fourth-order valence-electron chi connectivity index (χ4n) is 3.07. The topological polar surface area (TPSA) is 66.8 Å². The second kappa shape index (κ2) is 5.90. The van der Waals surface area contributed by atoms with Crippen molar-refractivity contribution in [1.29, 1.82) is 0 Å². The molecule has 0 aromatic heterocycles. The molecule has 1 aliphatic heterocycles. The molecule has 1 aliphatic carbocycles. The van der Waals surface area contributed by atoms with Gasteiger partial charge in [-0.25, -0.2) is 0 Å². The molecule has 2 rings (SSSR count). The SMILES string of the molecule is CC1OCCN(C(=O)C2CCC(C(=O)O)CC2)C1C. The number of carbonyl (C=O) groups is 2. The lowest BCUT2D eigenvalue weighted by molar-refractivity contribution is -0.152. The number of carbonyl (C=O) groups excluding carboxylic acids is 1. The zero-order valence-corrected chi connectivity index (χ0v) is 11.7. The van der Waals surface area contributed by atoms with E-state index in [-0.39, 0.29) is 29.9 Å². The van der Waals surface area contributed by atoms with Gasteiger partial charge in [-0.15, -0.1) is 0 Å². The summed E-state index contributed by atoms with van der Waals surface area (Å²) >= 11 is 0. The number of morpholine rings is 1. The number of ether oxygens (including phenoxy) is 1. The first kappa shape index (κ1) is 14.3. The molecule has 2 fully saturated rings. The summed E-state index contributed by atoms with van der Waals surface area (Å²) in [5, 5.41) is 8.98. The summed E-state index contributed by atoms with van der Waals surface area (Å²) in [6.07, 6.45) is 2.73. The van der Waals surface area contributed by atoms with Crippen LogP contribution in [-0.4, -0.2) is 47.2 Å². The van der Waals surface area contributed by atoms with Crippen LogP contribution >= 0.6 is 0 Å². The first-order chi connectivity index (χ1) is 9.00. The maximum Gasteiger partial charge on any atom is 0.306 e. The third-order valence-electron chi connectivity index (χ3n) is 4.59. The molecule has 1 saturated heterocycles. The molecule has 0 spiro atoms. The van der Waals surface area contributed by atoms with Crippen molar-refractivity contribution >= 4 is 11.9 Å². The van der Waals surface area contributed by atoms with Crippen molar-refractivity contribution in [2.24, 2.45) is 11.8 Å². The largest absolute Gasteiger partial charge is 0.481 e. The second-order valence-electron chi connectivity index (χ2n) is 5.73. The van der Waals surface area contributed by atoms with Gasteiger partial charge in [-0.2, -0.15) is 0 Å². The number of hydrogen-bond donors (Lipinski definition) is 1. The van der Waals surface area contributed by atoms with Crippen LogP contribution < -0.4 is 0 Å². The predicted octanol–water partition coefficient (Wildman–Crippen LogP) is 1.51. The highest BCUT2D eigenvalue weighted by molar-refractivity contribution is 5.80. The standard InChI is InChI=1S/C14H23NO4/c1-9-10(2)19-8-7-15(9)13(16)11-3-5-12(6-4-11)14(17)18/h9-12H,3-8H2,1-2H3,(H,17,18). The molecule has 108 valence electrons. The van der Waals surface area contributed by atoms with Crippen LogP contribution in [0, 0.1) is 11.8 Å². The molecule has 2 aliphatic rings. The van der Waals surface area contributed by atoms with E-state index in [9.17, 15) is 9.59 Å². The number of aliphatic carboxylic acids is 1. The van der Waals surface area contributed by atoms with Crippen LogP contribution in [0.4, 0.5) is 0 Å². The predicted molar refractivity (Wildman–Crippen MR) is 69.7 cm³/mol. The van der Waals surface area contributed by atoms with E-state index in [1.54, 1.807) is 0 Å². The summed E-state index contributed by atoms with van der Waals surface area (Å²) < 4.78 is 5.53. The number of nitrogens with zero attached hydrogens (tertiary/aromatic N) is 1. The molecular formula is C14H23NO4. The summed E-state index contributed by atoms with van der Waals surface area (Å²) in [6.45, 7) is 5.26. The Morgan fingerprint density at radius 3 is 2.26 bits per heavy atom. The average molecular weight is 269 g/mol. The Hall–Kier alpha value is -1.10. The van der Waals surface area contributed by atoms with E-state index in [2.05, 4.69) is 0 Å². The minimum absolute atomic E-state index is 0.00310. The summed E-state index contributed by atoms with van der Waals surface area (Å²) in [4.78, 5) is 25.3. The van der Waals surface area contributed by atoms with Crippen LogP contribution in [-0.2, 0) is 14.3 Å². The molecule has 19 heavy (non-hydrogen) atoms. The van der Waals surface area contributed by atoms with Crippen LogP contribution in [0.5, 0.6) is 0 Å². The number of hydrogen-bond acceptors (Lipinski definition) is 3. The van der Waals surface area contributed by atoms with Crippen molar-refractivity contribution in [2.45, 2.75) is 51.7 Å².